The fraction of sp³-hybridized carbons (Fsp3) is 0.0476. The summed E-state index contributed by atoms with van der Waals surface area (Å²) in [7, 11) is 0. The molecule has 0 aliphatic carbocycles. The number of carbonyl (C=O) groups is 1. The summed E-state index contributed by atoms with van der Waals surface area (Å²) < 4.78 is 40.7. The molecule has 0 spiro atoms. The Hall–Kier alpha value is -2.77. The molecule has 0 bridgehead atoms. The summed E-state index contributed by atoms with van der Waals surface area (Å²) in [6.45, 7) is 0. The Morgan fingerprint density at radius 2 is 1.72 bits per heavy atom. The predicted molar refractivity (Wildman–Crippen MR) is 107 cm³/mol. The van der Waals surface area contributed by atoms with Gasteiger partial charge < -0.3 is 0 Å². The van der Waals surface area contributed by atoms with Crippen LogP contribution in [0.4, 0.5) is 13.2 Å². The number of carbonyl (C=O) groups excluding carboxylic acids is 1. The van der Waals surface area contributed by atoms with E-state index < -0.39 is 17.7 Å². The average Bonchev–Trinajstić information content (AvgIpc) is 3.07. The molecular formula is C21H12ClF3N2OS. The highest BCUT2D eigenvalue weighted by Gasteiger charge is 2.33. The van der Waals surface area contributed by atoms with Crippen LogP contribution < -0.4 is 0 Å². The van der Waals surface area contributed by atoms with Crippen LogP contribution >= 0.6 is 23.5 Å². The van der Waals surface area contributed by atoms with Crippen LogP contribution in [0.5, 0.6) is 0 Å². The highest BCUT2D eigenvalue weighted by atomic mass is 35.5. The quantitative estimate of drug-likeness (QED) is 0.345. The maximum absolute atomic E-state index is 13.1. The Morgan fingerprint density at radius 1 is 1.00 bits per heavy atom. The predicted octanol–water partition coefficient (Wildman–Crippen LogP) is 6.49. The van der Waals surface area contributed by atoms with Gasteiger partial charge >= 0.3 is 6.18 Å². The third-order valence-electron chi connectivity index (χ3n) is 4.22. The van der Waals surface area contributed by atoms with Crippen molar-refractivity contribution in [2.45, 2.75) is 11.1 Å². The molecular weight excluding hydrogens is 421 g/mol. The third-order valence-corrected chi connectivity index (χ3v) is 5.53. The molecule has 4 aromatic rings. The van der Waals surface area contributed by atoms with E-state index in [1.807, 2.05) is 36.4 Å². The minimum absolute atomic E-state index is 0.0758. The van der Waals surface area contributed by atoms with Crippen molar-refractivity contribution in [3.63, 3.8) is 0 Å². The van der Waals surface area contributed by atoms with Gasteiger partial charge in [-0.1, -0.05) is 29.8 Å². The number of pyridine rings is 1. The van der Waals surface area contributed by atoms with E-state index in [2.05, 4.69) is 4.98 Å². The third kappa shape index (κ3) is 4.02. The number of aromatic nitrogens is 2. The minimum atomic E-state index is -4.62. The summed E-state index contributed by atoms with van der Waals surface area (Å²) in [5.41, 5.74) is -0.129. The monoisotopic (exact) mass is 432 g/mol. The topological polar surface area (TPSA) is 34.9 Å². The Labute approximate surface area is 173 Å². The molecule has 0 saturated heterocycles. The molecule has 4 rings (SSSR count). The molecule has 2 aromatic heterocycles. The van der Waals surface area contributed by atoms with Crippen LogP contribution in [0.2, 0.25) is 5.02 Å². The lowest BCUT2D eigenvalue weighted by molar-refractivity contribution is -0.141. The van der Waals surface area contributed by atoms with Crippen LogP contribution in [0.15, 0.2) is 77.8 Å². The largest absolute Gasteiger partial charge is 0.433 e. The van der Waals surface area contributed by atoms with Crippen LogP contribution in [-0.4, -0.2) is 14.7 Å². The summed E-state index contributed by atoms with van der Waals surface area (Å²) in [6, 6.07) is 18.2. The van der Waals surface area contributed by atoms with Crippen LogP contribution in [-0.2, 0) is 6.18 Å². The zero-order valence-corrected chi connectivity index (χ0v) is 16.2. The van der Waals surface area contributed by atoms with Gasteiger partial charge in [0, 0.05) is 27.1 Å². The lowest BCUT2D eigenvalue weighted by Crippen LogP contribution is -2.12. The van der Waals surface area contributed by atoms with Crippen molar-refractivity contribution >= 4 is 40.2 Å². The molecule has 0 fully saturated rings. The van der Waals surface area contributed by atoms with Crippen molar-refractivity contribution in [1.82, 2.24) is 8.96 Å². The number of ketones is 1. The molecule has 2 heterocycles. The number of hydrogen-bond donors (Lipinski definition) is 0. The normalized spacial score (nSPS) is 11.7. The fourth-order valence-electron chi connectivity index (χ4n) is 2.86. The first-order chi connectivity index (χ1) is 13.8. The van der Waals surface area contributed by atoms with Crippen molar-refractivity contribution in [2.75, 3.05) is 0 Å². The lowest BCUT2D eigenvalue weighted by atomic mass is 10.1. The molecule has 0 unspecified atom stereocenters. The zero-order valence-electron chi connectivity index (χ0n) is 14.7. The van der Waals surface area contributed by atoms with Crippen molar-refractivity contribution in [1.29, 1.82) is 0 Å². The van der Waals surface area contributed by atoms with Crippen LogP contribution in [0.3, 0.4) is 0 Å². The van der Waals surface area contributed by atoms with Gasteiger partial charge in [-0.05, 0) is 60.5 Å². The highest BCUT2D eigenvalue weighted by molar-refractivity contribution is 7.98. The molecule has 29 heavy (non-hydrogen) atoms. The molecule has 3 nitrogen and oxygen atoms in total. The van der Waals surface area contributed by atoms with Gasteiger partial charge in [-0.25, -0.2) is 0 Å². The second-order valence-corrected chi connectivity index (χ2v) is 7.64. The maximum atomic E-state index is 13.1. The summed E-state index contributed by atoms with van der Waals surface area (Å²) in [4.78, 5) is 17.3. The number of fused-ring (bicyclic) bond motifs is 1. The van der Waals surface area contributed by atoms with E-state index in [4.69, 9.17) is 11.6 Å². The Kier molecular flexibility index (Phi) is 5.10. The van der Waals surface area contributed by atoms with Gasteiger partial charge in [0.2, 0.25) is 5.78 Å². The summed E-state index contributed by atoms with van der Waals surface area (Å²) >= 11 is 7.23. The van der Waals surface area contributed by atoms with Crippen LogP contribution in [0.25, 0.3) is 10.9 Å². The Bertz CT molecular complexity index is 1200. The summed E-state index contributed by atoms with van der Waals surface area (Å²) in [5.74, 6) is -0.518. The second kappa shape index (κ2) is 7.57. The van der Waals surface area contributed by atoms with Gasteiger partial charge in [0.1, 0.15) is 11.4 Å². The van der Waals surface area contributed by atoms with Gasteiger partial charge in [0.15, 0.2) is 0 Å². The fourth-order valence-corrected chi connectivity index (χ4v) is 3.96. The van der Waals surface area contributed by atoms with Gasteiger partial charge in [0.05, 0.1) is 5.52 Å². The van der Waals surface area contributed by atoms with Crippen molar-refractivity contribution < 1.29 is 18.0 Å². The van der Waals surface area contributed by atoms with Crippen LogP contribution in [0.1, 0.15) is 21.7 Å². The Morgan fingerprint density at radius 3 is 2.45 bits per heavy atom. The van der Waals surface area contributed by atoms with E-state index in [1.165, 1.54) is 18.0 Å². The number of rotatable bonds is 4. The molecule has 0 amide bonds. The van der Waals surface area contributed by atoms with E-state index in [0.717, 1.165) is 28.1 Å². The van der Waals surface area contributed by atoms with E-state index in [-0.39, 0.29) is 11.3 Å². The second-order valence-electron chi connectivity index (χ2n) is 6.18. The number of nitrogens with zero attached hydrogens (tertiary/aromatic N) is 2. The molecule has 8 heteroatoms. The number of hydrogen-bond acceptors (Lipinski definition) is 3. The first-order valence-corrected chi connectivity index (χ1v) is 9.60. The van der Waals surface area contributed by atoms with E-state index in [9.17, 15) is 18.0 Å². The molecule has 2 aromatic carbocycles. The number of alkyl halides is 3. The summed E-state index contributed by atoms with van der Waals surface area (Å²) in [6.07, 6.45) is -3.63. The Balaban J connectivity index is 1.81. The molecule has 0 N–H and O–H groups in total. The number of para-hydroxylation sites is 1. The summed E-state index contributed by atoms with van der Waals surface area (Å²) in [5, 5.41) is 1.39. The maximum Gasteiger partial charge on any atom is 0.433 e. The molecule has 0 aliphatic rings. The van der Waals surface area contributed by atoms with E-state index >= 15 is 0 Å². The SMILES string of the molecule is O=C(c1ccnc(C(F)(F)F)c1)c1cc2ccccc2n1Sc1ccc(Cl)cc1. The van der Waals surface area contributed by atoms with Crippen molar-refractivity contribution in [3.8, 4) is 0 Å². The van der Waals surface area contributed by atoms with Gasteiger partial charge in [-0.15, -0.1) is 0 Å². The van der Waals surface area contributed by atoms with Crippen LogP contribution in [0, 0.1) is 0 Å². The van der Waals surface area contributed by atoms with Gasteiger partial charge in [0.25, 0.3) is 0 Å². The van der Waals surface area contributed by atoms with E-state index in [0.29, 0.717) is 5.02 Å². The van der Waals surface area contributed by atoms with Crippen molar-refractivity contribution in [2.24, 2.45) is 0 Å². The first kappa shape index (κ1) is 19.5. The molecule has 0 radical (unpaired) electrons. The van der Waals surface area contributed by atoms with Gasteiger partial charge in [-0.2, -0.15) is 13.2 Å². The van der Waals surface area contributed by atoms with Gasteiger partial charge in [-0.3, -0.25) is 13.8 Å². The smallest absolute Gasteiger partial charge is 0.287 e. The molecule has 0 aliphatic heterocycles. The molecule has 0 atom stereocenters. The first-order valence-electron chi connectivity index (χ1n) is 8.45. The average molecular weight is 433 g/mol. The minimum Gasteiger partial charge on any atom is -0.287 e. The lowest BCUT2D eigenvalue weighted by Gasteiger charge is -2.10. The van der Waals surface area contributed by atoms with E-state index in [1.54, 1.807) is 22.2 Å². The molecule has 146 valence electrons. The van der Waals surface area contributed by atoms with Crippen molar-refractivity contribution in [3.05, 3.63) is 94.9 Å². The highest BCUT2D eigenvalue weighted by Crippen LogP contribution is 2.33. The number of benzene rings is 2. The molecule has 0 saturated carbocycles. The number of halogens is 4. The zero-order chi connectivity index (χ0) is 20.6. The standard InChI is InChI=1S/C21H12ClF3N2OS/c22-15-5-7-16(8-6-15)29-27-17-4-2-1-3-13(17)11-18(27)20(28)14-9-10-26-19(12-14)21(23,24)25/h1-12H.